The van der Waals surface area contributed by atoms with Crippen molar-refractivity contribution < 1.29 is 9.72 Å². The van der Waals surface area contributed by atoms with Gasteiger partial charge in [0, 0.05) is 17.8 Å². The fourth-order valence-electron chi connectivity index (χ4n) is 1.93. The lowest BCUT2D eigenvalue weighted by Crippen LogP contribution is -2.15. The van der Waals surface area contributed by atoms with Crippen molar-refractivity contribution in [1.82, 2.24) is 0 Å². The van der Waals surface area contributed by atoms with Crippen molar-refractivity contribution in [3.8, 4) is 0 Å². The van der Waals surface area contributed by atoms with Crippen LogP contribution in [0.15, 0.2) is 36.5 Å². The molecule has 4 heteroatoms. The molecule has 0 aromatic heterocycles. The topological polar surface area (TPSA) is 60.2 Å². The van der Waals surface area contributed by atoms with Gasteiger partial charge in [0.15, 0.2) is 6.29 Å². The maximum atomic E-state index is 11.0. The maximum absolute atomic E-state index is 11.0. The Bertz CT molecular complexity index is 373. The first-order chi connectivity index (χ1) is 10.7. The third kappa shape index (κ3) is 13.3. The molecule has 0 saturated carbocycles. The zero-order valence-electron chi connectivity index (χ0n) is 13.6. The van der Waals surface area contributed by atoms with Crippen molar-refractivity contribution in [2.45, 2.75) is 70.8 Å². The molecule has 0 N–H and O–H groups in total. The van der Waals surface area contributed by atoms with Crippen molar-refractivity contribution in [3.63, 3.8) is 0 Å². The monoisotopic (exact) mass is 306 g/mol. The Balaban J connectivity index is 3.97. The van der Waals surface area contributed by atoms with Gasteiger partial charge in [0.05, 0.1) is 0 Å². The number of carbonyl (C=O) groups excluding carboxylic acids is 1. The second-order valence-corrected chi connectivity index (χ2v) is 5.26. The zero-order chi connectivity index (χ0) is 16.5. The average molecular weight is 306 g/mol. The third-order valence-electron chi connectivity index (χ3n) is 3.27. The van der Waals surface area contributed by atoms with Gasteiger partial charge in [-0.15, -0.1) is 0 Å². The van der Waals surface area contributed by atoms with Crippen molar-refractivity contribution >= 4 is 6.29 Å². The molecule has 0 aromatic rings. The summed E-state index contributed by atoms with van der Waals surface area (Å²) in [6.07, 6.45) is 21.1. The van der Waals surface area contributed by atoms with Crippen molar-refractivity contribution in [2.75, 3.05) is 0 Å². The lowest BCUT2D eigenvalue weighted by atomic mass is 10.1. The van der Waals surface area contributed by atoms with Crippen LogP contribution in [0.4, 0.5) is 0 Å². The average Bonchev–Trinajstić information content (AvgIpc) is 2.50. The van der Waals surface area contributed by atoms with E-state index in [4.69, 9.17) is 0 Å². The van der Waals surface area contributed by atoms with E-state index in [1.807, 2.05) is 30.6 Å². The summed E-state index contributed by atoms with van der Waals surface area (Å²) in [6.45, 7) is 2.16. The highest BCUT2D eigenvalue weighted by atomic mass is 16.6. The van der Waals surface area contributed by atoms with Crippen LogP contribution >= 0.6 is 0 Å². The summed E-state index contributed by atoms with van der Waals surface area (Å²) < 4.78 is 0. The first-order valence-corrected chi connectivity index (χ1v) is 8.19. The molecule has 1 unspecified atom stereocenters. The van der Waals surface area contributed by atoms with Crippen LogP contribution in [0.1, 0.15) is 64.7 Å². The SMILES string of the molecule is CCCCC/C=C/CC(/C=C/C=C/CCCC[C]=O)[N+](=O)[O-]. The van der Waals surface area contributed by atoms with E-state index in [2.05, 4.69) is 6.92 Å². The Kier molecular flexibility index (Phi) is 14.5. The summed E-state index contributed by atoms with van der Waals surface area (Å²) in [6, 6.07) is -0.656. The van der Waals surface area contributed by atoms with Crippen molar-refractivity contribution in [2.24, 2.45) is 0 Å². The molecule has 0 spiro atoms. The largest absolute Gasteiger partial charge is 0.291 e. The third-order valence-corrected chi connectivity index (χ3v) is 3.27. The summed E-state index contributed by atoms with van der Waals surface area (Å²) >= 11 is 0. The van der Waals surface area contributed by atoms with Crippen molar-refractivity contribution in [1.29, 1.82) is 0 Å². The van der Waals surface area contributed by atoms with Gasteiger partial charge in [-0.1, -0.05) is 50.1 Å². The normalized spacial score (nSPS) is 13.3. The van der Waals surface area contributed by atoms with E-state index < -0.39 is 6.04 Å². The molecular formula is C18H28NO3. The molecule has 0 aliphatic heterocycles. The van der Waals surface area contributed by atoms with Crippen LogP contribution in [-0.4, -0.2) is 17.3 Å². The Morgan fingerprint density at radius 3 is 2.45 bits per heavy atom. The van der Waals surface area contributed by atoms with Gasteiger partial charge in [-0.25, -0.2) is 0 Å². The Morgan fingerprint density at radius 1 is 1.05 bits per heavy atom. The summed E-state index contributed by atoms with van der Waals surface area (Å²) in [5, 5.41) is 11.0. The number of nitrogens with zero attached hydrogens (tertiary/aromatic N) is 1. The molecule has 0 bridgehead atoms. The first kappa shape index (κ1) is 20.3. The van der Waals surface area contributed by atoms with Gasteiger partial charge in [0.1, 0.15) is 0 Å². The number of hydrogen-bond acceptors (Lipinski definition) is 3. The predicted molar refractivity (Wildman–Crippen MR) is 91.1 cm³/mol. The molecule has 123 valence electrons. The molecule has 0 aliphatic carbocycles. The minimum absolute atomic E-state index is 0.249. The van der Waals surface area contributed by atoms with Gasteiger partial charge in [-0.05, 0) is 38.2 Å². The Labute approximate surface area is 134 Å². The quantitative estimate of drug-likeness (QED) is 0.150. The molecular weight excluding hydrogens is 278 g/mol. The van der Waals surface area contributed by atoms with Crippen LogP contribution in [0.3, 0.4) is 0 Å². The van der Waals surface area contributed by atoms with E-state index in [9.17, 15) is 14.9 Å². The minimum Gasteiger partial charge on any atom is -0.291 e. The first-order valence-electron chi connectivity index (χ1n) is 8.19. The summed E-state index contributed by atoms with van der Waals surface area (Å²) in [5.41, 5.74) is 0. The van der Waals surface area contributed by atoms with E-state index in [-0.39, 0.29) is 4.92 Å². The number of allylic oxidation sites excluding steroid dienone is 4. The van der Waals surface area contributed by atoms with Gasteiger partial charge in [0.2, 0.25) is 6.04 Å². The molecule has 0 fully saturated rings. The van der Waals surface area contributed by atoms with Gasteiger partial charge in [-0.3, -0.25) is 14.9 Å². The summed E-state index contributed by atoms with van der Waals surface area (Å²) in [4.78, 5) is 20.7. The number of hydrogen-bond donors (Lipinski definition) is 0. The predicted octanol–water partition coefficient (Wildman–Crippen LogP) is 4.94. The molecule has 0 aliphatic rings. The minimum atomic E-state index is -0.656. The second kappa shape index (κ2) is 15.7. The fourth-order valence-corrected chi connectivity index (χ4v) is 1.93. The van der Waals surface area contributed by atoms with Crippen molar-refractivity contribution in [3.05, 3.63) is 46.6 Å². The van der Waals surface area contributed by atoms with Crippen LogP contribution < -0.4 is 0 Å². The van der Waals surface area contributed by atoms with E-state index in [0.717, 1.165) is 32.1 Å². The molecule has 0 amide bonds. The summed E-state index contributed by atoms with van der Waals surface area (Å²) in [7, 11) is 0. The molecule has 0 rings (SSSR count). The number of rotatable bonds is 14. The second-order valence-electron chi connectivity index (χ2n) is 5.26. The van der Waals surface area contributed by atoms with Crippen LogP contribution in [-0.2, 0) is 4.79 Å². The molecule has 0 heterocycles. The molecule has 22 heavy (non-hydrogen) atoms. The molecule has 1 radical (unpaired) electrons. The van der Waals surface area contributed by atoms with E-state index >= 15 is 0 Å². The van der Waals surface area contributed by atoms with Crippen LogP contribution in [0.5, 0.6) is 0 Å². The van der Waals surface area contributed by atoms with E-state index in [0.29, 0.717) is 12.8 Å². The molecule has 1 atom stereocenters. The van der Waals surface area contributed by atoms with Gasteiger partial charge in [0.25, 0.3) is 0 Å². The smallest absolute Gasteiger partial charge is 0.234 e. The highest BCUT2D eigenvalue weighted by molar-refractivity contribution is 5.50. The number of nitro groups is 1. The van der Waals surface area contributed by atoms with Crippen LogP contribution in [0.2, 0.25) is 0 Å². The van der Waals surface area contributed by atoms with E-state index in [1.165, 1.54) is 12.8 Å². The van der Waals surface area contributed by atoms with Crippen LogP contribution in [0, 0.1) is 10.1 Å². The van der Waals surface area contributed by atoms with E-state index in [1.54, 1.807) is 12.2 Å². The Hall–Kier alpha value is -1.71. The zero-order valence-corrected chi connectivity index (χ0v) is 13.6. The molecule has 4 nitrogen and oxygen atoms in total. The summed E-state index contributed by atoms with van der Waals surface area (Å²) in [5.74, 6) is 0. The highest BCUT2D eigenvalue weighted by Crippen LogP contribution is 2.05. The fraction of sp³-hybridized carbons (Fsp3) is 0.611. The lowest BCUT2D eigenvalue weighted by Gasteiger charge is -2.00. The van der Waals surface area contributed by atoms with Gasteiger partial charge < -0.3 is 0 Å². The highest BCUT2D eigenvalue weighted by Gasteiger charge is 2.12. The molecule has 0 saturated heterocycles. The standard InChI is InChI=1S/C18H28NO3/c1-2-3-4-5-9-12-15-18(19(21)22)16-13-10-7-6-8-11-14-17-20/h7,9-10,12-13,16,18H,2-6,8,11,14-15H2,1H3/b10-7+,12-9+,16-13+. The molecule has 0 aromatic carbocycles. The van der Waals surface area contributed by atoms with Gasteiger partial charge in [-0.2, -0.15) is 0 Å². The lowest BCUT2D eigenvalue weighted by molar-refractivity contribution is -0.508. The maximum Gasteiger partial charge on any atom is 0.234 e. The van der Waals surface area contributed by atoms with Crippen LogP contribution in [0.25, 0.3) is 0 Å². The van der Waals surface area contributed by atoms with Gasteiger partial charge >= 0.3 is 0 Å². The number of unbranched alkanes of at least 4 members (excludes halogenated alkanes) is 6. The Morgan fingerprint density at radius 2 is 1.77 bits per heavy atom.